The van der Waals surface area contributed by atoms with E-state index < -0.39 is 0 Å². The van der Waals surface area contributed by atoms with Crippen molar-refractivity contribution in [2.45, 2.75) is 27.2 Å². The summed E-state index contributed by atoms with van der Waals surface area (Å²) in [6.07, 6.45) is 2.72. The van der Waals surface area contributed by atoms with E-state index in [2.05, 4.69) is 32.3 Å². The molecule has 0 unspecified atom stereocenters. The highest BCUT2D eigenvalue weighted by Crippen LogP contribution is 2.23. The molecule has 0 saturated carbocycles. The third-order valence-electron chi connectivity index (χ3n) is 3.69. The van der Waals surface area contributed by atoms with Crippen molar-refractivity contribution in [1.29, 1.82) is 0 Å². The highest BCUT2D eigenvalue weighted by Gasteiger charge is 2.15. The standard InChI is InChI=1S/C17H22N2O/c1-5-9-19(10-6-2)17(20)14-7-8-16-15(11-14)12(3)13(4)18-16/h5,7-8,11,18H,1,6,9-10H2,2-4H3. The second kappa shape index (κ2) is 5.95. The molecule has 0 spiro atoms. The molecular weight excluding hydrogens is 248 g/mol. The maximum Gasteiger partial charge on any atom is 0.254 e. The number of carbonyl (C=O) groups is 1. The molecule has 0 aliphatic heterocycles. The molecule has 1 aromatic heterocycles. The van der Waals surface area contributed by atoms with Crippen LogP contribution in [0, 0.1) is 13.8 Å². The van der Waals surface area contributed by atoms with Crippen LogP contribution < -0.4 is 0 Å². The van der Waals surface area contributed by atoms with Crippen molar-refractivity contribution in [3.63, 3.8) is 0 Å². The van der Waals surface area contributed by atoms with Crippen LogP contribution in [0.3, 0.4) is 0 Å². The predicted octanol–water partition coefficient (Wildman–Crippen LogP) is 3.82. The molecule has 106 valence electrons. The van der Waals surface area contributed by atoms with Gasteiger partial charge in [0.05, 0.1) is 0 Å². The van der Waals surface area contributed by atoms with Crippen molar-refractivity contribution in [2.75, 3.05) is 13.1 Å². The lowest BCUT2D eigenvalue weighted by Crippen LogP contribution is -2.31. The minimum absolute atomic E-state index is 0.0758. The molecule has 0 fully saturated rings. The summed E-state index contributed by atoms with van der Waals surface area (Å²) in [6.45, 7) is 11.3. The topological polar surface area (TPSA) is 36.1 Å². The molecule has 1 amide bonds. The Balaban J connectivity index is 2.38. The molecule has 0 aliphatic rings. The number of benzene rings is 1. The number of fused-ring (bicyclic) bond motifs is 1. The van der Waals surface area contributed by atoms with E-state index in [4.69, 9.17) is 0 Å². The summed E-state index contributed by atoms with van der Waals surface area (Å²) in [4.78, 5) is 17.7. The van der Waals surface area contributed by atoms with Gasteiger partial charge in [-0.3, -0.25) is 4.79 Å². The molecule has 2 rings (SSSR count). The average Bonchev–Trinajstić information content (AvgIpc) is 2.73. The van der Waals surface area contributed by atoms with Crippen molar-refractivity contribution in [3.05, 3.63) is 47.7 Å². The minimum Gasteiger partial charge on any atom is -0.358 e. The van der Waals surface area contributed by atoms with E-state index in [0.717, 1.165) is 35.1 Å². The number of H-pyrrole nitrogens is 1. The number of aromatic nitrogens is 1. The van der Waals surface area contributed by atoms with Crippen molar-refractivity contribution < 1.29 is 4.79 Å². The van der Waals surface area contributed by atoms with E-state index >= 15 is 0 Å². The summed E-state index contributed by atoms with van der Waals surface area (Å²) in [5.74, 6) is 0.0758. The lowest BCUT2D eigenvalue weighted by Gasteiger charge is -2.20. The second-order valence-corrected chi connectivity index (χ2v) is 5.18. The molecule has 0 radical (unpaired) electrons. The first-order chi connectivity index (χ1) is 9.58. The van der Waals surface area contributed by atoms with Crippen molar-refractivity contribution >= 4 is 16.8 Å². The summed E-state index contributed by atoms with van der Waals surface area (Å²) < 4.78 is 0. The molecular formula is C17H22N2O. The maximum absolute atomic E-state index is 12.6. The Morgan fingerprint density at radius 2 is 2.15 bits per heavy atom. The van der Waals surface area contributed by atoms with Gasteiger partial charge in [0.15, 0.2) is 0 Å². The van der Waals surface area contributed by atoms with Crippen LogP contribution >= 0.6 is 0 Å². The quantitative estimate of drug-likeness (QED) is 0.824. The minimum atomic E-state index is 0.0758. The number of amides is 1. The summed E-state index contributed by atoms with van der Waals surface area (Å²) in [5, 5.41) is 1.13. The van der Waals surface area contributed by atoms with Gasteiger partial charge in [0.2, 0.25) is 0 Å². The first kappa shape index (κ1) is 14.4. The molecule has 3 heteroatoms. The van der Waals surface area contributed by atoms with Crippen LogP contribution in [0.25, 0.3) is 10.9 Å². The van der Waals surface area contributed by atoms with E-state index in [9.17, 15) is 4.79 Å². The monoisotopic (exact) mass is 270 g/mol. The molecule has 0 bridgehead atoms. The number of nitrogens with zero attached hydrogens (tertiary/aromatic N) is 1. The molecule has 2 aromatic rings. The van der Waals surface area contributed by atoms with Gasteiger partial charge in [-0.25, -0.2) is 0 Å². The largest absolute Gasteiger partial charge is 0.358 e. The third kappa shape index (κ3) is 2.62. The zero-order chi connectivity index (χ0) is 14.7. The summed E-state index contributed by atoms with van der Waals surface area (Å²) >= 11 is 0. The van der Waals surface area contributed by atoms with Crippen LogP contribution in [0.1, 0.15) is 35.0 Å². The van der Waals surface area contributed by atoms with Crippen LogP contribution in [-0.4, -0.2) is 28.9 Å². The molecule has 1 heterocycles. The number of carbonyl (C=O) groups excluding carboxylic acids is 1. The van der Waals surface area contributed by atoms with Gasteiger partial charge in [-0.15, -0.1) is 6.58 Å². The van der Waals surface area contributed by atoms with Gasteiger partial charge in [-0.2, -0.15) is 0 Å². The van der Waals surface area contributed by atoms with Crippen molar-refractivity contribution in [3.8, 4) is 0 Å². The van der Waals surface area contributed by atoms with Crippen LogP contribution in [0.2, 0.25) is 0 Å². The predicted molar refractivity (Wildman–Crippen MR) is 84.2 cm³/mol. The number of hydrogen-bond donors (Lipinski definition) is 1. The zero-order valence-electron chi connectivity index (χ0n) is 12.5. The zero-order valence-corrected chi connectivity index (χ0v) is 12.5. The Kier molecular flexibility index (Phi) is 4.28. The SMILES string of the molecule is C=CCN(CCC)C(=O)c1ccc2[nH]c(C)c(C)c2c1. The fourth-order valence-electron chi connectivity index (χ4n) is 2.48. The van der Waals surface area contributed by atoms with Gasteiger partial charge in [0, 0.05) is 35.2 Å². The Labute approximate surface area is 120 Å². The number of rotatable bonds is 5. The fourth-order valence-corrected chi connectivity index (χ4v) is 2.48. The van der Waals surface area contributed by atoms with Crippen molar-refractivity contribution in [1.82, 2.24) is 9.88 Å². The molecule has 3 nitrogen and oxygen atoms in total. The van der Waals surface area contributed by atoms with Gasteiger partial charge in [-0.1, -0.05) is 13.0 Å². The number of hydrogen-bond acceptors (Lipinski definition) is 1. The normalized spacial score (nSPS) is 10.8. The summed E-state index contributed by atoms with van der Waals surface area (Å²) in [6, 6.07) is 5.87. The van der Waals surface area contributed by atoms with Crippen LogP contribution in [0.4, 0.5) is 0 Å². The first-order valence-electron chi connectivity index (χ1n) is 7.07. The molecule has 0 atom stereocenters. The van der Waals surface area contributed by atoms with E-state index in [1.54, 1.807) is 6.08 Å². The van der Waals surface area contributed by atoms with Gasteiger partial charge in [-0.05, 0) is 44.0 Å². The Morgan fingerprint density at radius 1 is 1.40 bits per heavy atom. The smallest absolute Gasteiger partial charge is 0.254 e. The summed E-state index contributed by atoms with van der Waals surface area (Å²) in [7, 11) is 0. The molecule has 1 N–H and O–H groups in total. The lowest BCUT2D eigenvalue weighted by molar-refractivity contribution is 0.0774. The Hall–Kier alpha value is -2.03. The van der Waals surface area contributed by atoms with E-state index in [1.807, 2.05) is 23.1 Å². The van der Waals surface area contributed by atoms with E-state index in [0.29, 0.717) is 6.54 Å². The highest BCUT2D eigenvalue weighted by atomic mass is 16.2. The number of aryl methyl sites for hydroxylation is 2. The van der Waals surface area contributed by atoms with Crippen LogP contribution in [-0.2, 0) is 0 Å². The first-order valence-corrected chi connectivity index (χ1v) is 7.07. The maximum atomic E-state index is 12.6. The van der Waals surface area contributed by atoms with Crippen LogP contribution in [0.15, 0.2) is 30.9 Å². The average molecular weight is 270 g/mol. The Morgan fingerprint density at radius 3 is 2.80 bits per heavy atom. The van der Waals surface area contributed by atoms with Gasteiger partial charge in [0.25, 0.3) is 5.91 Å². The van der Waals surface area contributed by atoms with E-state index in [1.165, 1.54) is 5.56 Å². The fraction of sp³-hybridized carbons (Fsp3) is 0.353. The highest BCUT2D eigenvalue weighted by molar-refractivity contribution is 5.99. The number of nitrogens with one attached hydrogen (secondary N) is 1. The van der Waals surface area contributed by atoms with Gasteiger partial charge in [0.1, 0.15) is 0 Å². The van der Waals surface area contributed by atoms with E-state index in [-0.39, 0.29) is 5.91 Å². The number of aromatic amines is 1. The molecule has 0 aliphatic carbocycles. The molecule has 0 saturated heterocycles. The van der Waals surface area contributed by atoms with Gasteiger partial charge >= 0.3 is 0 Å². The molecule has 20 heavy (non-hydrogen) atoms. The van der Waals surface area contributed by atoms with Crippen molar-refractivity contribution in [2.24, 2.45) is 0 Å². The van der Waals surface area contributed by atoms with Crippen LogP contribution in [0.5, 0.6) is 0 Å². The van der Waals surface area contributed by atoms with Gasteiger partial charge < -0.3 is 9.88 Å². The Bertz CT molecular complexity index is 640. The third-order valence-corrected chi connectivity index (χ3v) is 3.69. The lowest BCUT2D eigenvalue weighted by atomic mass is 10.1. The molecule has 1 aromatic carbocycles. The summed E-state index contributed by atoms with van der Waals surface area (Å²) in [5.41, 5.74) is 4.19. The second-order valence-electron chi connectivity index (χ2n) is 5.18.